The van der Waals surface area contributed by atoms with E-state index in [0.29, 0.717) is 29.8 Å². The average molecular weight is 505 g/mol. The zero-order chi connectivity index (χ0) is 25.6. The molecule has 0 saturated carbocycles. The lowest BCUT2D eigenvalue weighted by Gasteiger charge is -2.25. The first kappa shape index (κ1) is 26.2. The van der Waals surface area contributed by atoms with Gasteiger partial charge in [-0.15, -0.1) is 0 Å². The number of benzene rings is 2. The third-order valence-electron chi connectivity index (χ3n) is 5.73. The Morgan fingerprint density at radius 3 is 2.49 bits per heavy atom. The number of anilines is 1. The molecule has 10 nitrogen and oxygen atoms in total. The van der Waals surface area contributed by atoms with Gasteiger partial charge in [0.25, 0.3) is 5.91 Å². The van der Waals surface area contributed by atoms with Crippen LogP contribution in [-0.2, 0) is 42.1 Å². The van der Waals surface area contributed by atoms with E-state index in [4.69, 9.17) is 14.7 Å². The van der Waals surface area contributed by atoms with Gasteiger partial charge in [0.2, 0.25) is 10.0 Å². The Kier molecular flexibility index (Phi) is 8.47. The monoisotopic (exact) mass is 504 g/mol. The third-order valence-corrected chi connectivity index (χ3v) is 7.44. The number of nitrogens with one attached hydrogen (secondary N) is 2. The van der Waals surface area contributed by atoms with Crippen LogP contribution in [0.5, 0.6) is 5.75 Å². The van der Waals surface area contributed by atoms with Gasteiger partial charge < -0.3 is 20.0 Å². The number of ether oxygens (including phenoxy) is 1. The lowest BCUT2D eigenvalue weighted by Crippen LogP contribution is -2.38. The number of hydrogen-bond acceptors (Lipinski definition) is 7. The average Bonchev–Trinajstić information content (AvgIpc) is 2.82. The first-order valence-electron chi connectivity index (χ1n) is 11.2. The van der Waals surface area contributed by atoms with Gasteiger partial charge in [-0.25, -0.2) is 13.2 Å². The molecule has 0 spiro atoms. The molecule has 3 rings (SSSR count). The van der Waals surface area contributed by atoms with E-state index in [9.17, 15) is 22.8 Å². The normalized spacial score (nSPS) is 16.9. The molecule has 11 heteroatoms. The highest BCUT2D eigenvalue weighted by Crippen LogP contribution is 2.32. The molecule has 0 radical (unpaired) electrons. The predicted octanol–water partition coefficient (Wildman–Crippen LogP) is 2.44. The van der Waals surface area contributed by atoms with Gasteiger partial charge in [-0.3, -0.25) is 9.59 Å². The summed E-state index contributed by atoms with van der Waals surface area (Å²) in [5, 5.41) is 10.9. The molecule has 0 bridgehead atoms. The third kappa shape index (κ3) is 7.03. The zero-order valence-electron chi connectivity index (χ0n) is 19.4. The number of carboxylic acid groups (broad SMARTS) is 1. The number of carbonyl (C=O) groups excluding carboxylic acids is 2. The molecule has 1 aliphatic heterocycles. The molecule has 0 aromatic heterocycles. The van der Waals surface area contributed by atoms with Crippen molar-refractivity contribution < 1.29 is 37.5 Å². The SMILES string of the molecule is CCC(C)S(=O)(=O)NOC(=O)C(Cc1ccccc1)Cc1ccc2c(c1)NC(=O)[C@H](CC(=O)O)O2. The number of amides is 1. The first-order valence-corrected chi connectivity index (χ1v) is 12.7. The Morgan fingerprint density at radius 1 is 1.14 bits per heavy atom. The van der Waals surface area contributed by atoms with E-state index in [0.717, 1.165) is 5.56 Å². The van der Waals surface area contributed by atoms with Gasteiger partial charge >= 0.3 is 11.9 Å². The van der Waals surface area contributed by atoms with Crippen molar-refractivity contribution in [1.29, 1.82) is 0 Å². The van der Waals surface area contributed by atoms with Crippen molar-refractivity contribution in [2.24, 2.45) is 5.92 Å². The van der Waals surface area contributed by atoms with E-state index in [1.54, 1.807) is 25.1 Å². The van der Waals surface area contributed by atoms with E-state index in [1.807, 2.05) is 35.2 Å². The smallest absolute Gasteiger partial charge is 0.329 e. The van der Waals surface area contributed by atoms with Gasteiger partial charge in [0.15, 0.2) is 6.10 Å². The summed E-state index contributed by atoms with van der Waals surface area (Å²) in [6.45, 7) is 3.23. The predicted molar refractivity (Wildman–Crippen MR) is 127 cm³/mol. The summed E-state index contributed by atoms with van der Waals surface area (Å²) in [6, 6.07) is 14.2. The highest BCUT2D eigenvalue weighted by Gasteiger charge is 2.31. The molecule has 2 aromatic rings. The Morgan fingerprint density at radius 2 is 1.83 bits per heavy atom. The summed E-state index contributed by atoms with van der Waals surface area (Å²) in [6.07, 6.45) is -0.752. The van der Waals surface area contributed by atoms with E-state index in [2.05, 4.69) is 5.32 Å². The van der Waals surface area contributed by atoms with Crippen LogP contribution in [-0.4, -0.2) is 42.7 Å². The van der Waals surface area contributed by atoms with Crippen molar-refractivity contribution in [3.63, 3.8) is 0 Å². The Labute approximate surface area is 203 Å². The molecule has 2 aromatic carbocycles. The van der Waals surface area contributed by atoms with Crippen LogP contribution < -0.4 is 14.9 Å². The van der Waals surface area contributed by atoms with E-state index in [1.165, 1.54) is 6.92 Å². The van der Waals surface area contributed by atoms with Crippen LogP contribution in [0.3, 0.4) is 0 Å². The molecule has 0 aliphatic carbocycles. The van der Waals surface area contributed by atoms with Crippen molar-refractivity contribution in [2.75, 3.05) is 5.32 Å². The zero-order valence-corrected chi connectivity index (χ0v) is 20.2. The Bertz CT molecular complexity index is 1180. The molecule has 1 heterocycles. The molecular weight excluding hydrogens is 476 g/mol. The van der Waals surface area contributed by atoms with Crippen molar-refractivity contribution in [2.45, 2.75) is 50.9 Å². The molecule has 2 unspecified atom stereocenters. The van der Waals surface area contributed by atoms with Crippen molar-refractivity contribution in [3.8, 4) is 5.75 Å². The minimum Gasteiger partial charge on any atom is -0.481 e. The second-order valence-corrected chi connectivity index (χ2v) is 10.4. The molecule has 3 atom stereocenters. The second kappa shape index (κ2) is 11.3. The fraction of sp³-hybridized carbons (Fsp3) is 0.375. The van der Waals surface area contributed by atoms with Crippen LogP contribution in [0.1, 0.15) is 37.8 Å². The minimum atomic E-state index is -3.82. The van der Waals surface area contributed by atoms with Crippen molar-refractivity contribution >= 4 is 33.6 Å². The summed E-state index contributed by atoms with van der Waals surface area (Å²) in [5.41, 5.74) is 1.90. The number of rotatable bonds is 11. The number of carbonyl (C=O) groups is 3. The lowest BCUT2D eigenvalue weighted by atomic mass is 9.92. The van der Waals surface area contributed by atoms with Gasteiger partial charge in [0.05, 0.1) is 23.3 Å². The number of aliphatic carboxylic acids is 1. The first-order chi connectivity index (χ1) is 16.6. The highest BCUT2D eigenvalue weighted by atomic mass is 32.2. The molecular formula is C24H28N2O8S. The van der Waals surface area contributed by atoms with Crippen LogP contribution in [0.4, 0.5) is 5.69 Å². The van der Waals surface area contributed by atoms with Gasteiger partial charge in [0.1, 0.15) is 5.75 Å². The summed E-state index contributed by atoms with van der Waals surface area (Å²) in [7, 11) is -3.82. The summed E-state index contributed by atoms with van der Waals surface area (Å²) >= 11 is 0. The van der Waals surface area contributed by atoms with Crippen molar-refractivity contribution in [1.82, 2.24) is 4.89 Å². The maximum atomic E-state index is 12.9. The van der Waals surface area contributed by atoms with Crippen LogP contribution in [0.15, 0.2) is 48.5 Å². The Balaban J connectivity index is 1.77. The topological polar surface area (TPSA) is 148 Å². The fourth-order valence-corrected chi connectivity index (χ4v) is 4.32. The molecule has 3 N–H and O–H groups in total. The van der Waals surface area contributed by atoms with Crippen LogP contribution >= 0.6 is 0 Å². The van der Waals surface area contributed by atoms with Crippen LogP contribution in [0, 0.1) is 5.92 Å². The summed E-state index contributed by atoms with van der Waals surface area (Å²) < 4.78 is 29.9. The summed E-state index contributed by atoms with van der Waals surface area (Å²) in [4.78, 5) is 43.0. The lowest BCUT2D eigenvalue weighted by molar-refractivity contribution is -0.152. The molecule has 0 fully saturated rings. The Hall–Kier alpha value is -3.44. The van der Waals surface area contributed by atoms with Crippen molar-refractivity contribution in [3.05, 3.63) is 59.7 Å². The summed E-state index contributed by atoms with van der Waals surface area (Å²) in [5.74, 6) is -2.87. The fourth-order valence-electron chi connectivity index (χ4n) is 3.52. The number of carboxylic acids is 1. The molecule has 35 heavy (non-hydrogen) atoms. The van der Waals surface area contributed by atoms with Crippen LogP contribution in [0.25, 0.3) is 0 Å². The van der Waals surface area contributed by atoms with Gasteiger partial charge in [-0.1, -0.05) is 43.3 Å². The maximum absolute atomic E-state index is 12.9. The number of sulfonamides is 1. The highest BCUT2D eigenvalue weighted by molar-refractivity contribution is 7.89. The van der Waals surface area contributed by atoms with Crippen LogP contribution in [0.2, 0.25) is 0 Å². The van der Waals surface area contributed by atoms with E-state index < -0.39 is 51.6 Å². The maximum Gasteiger partial charge on any atom is 0.329 e. The molecule has 1 aliphatic rings. The van der Waals surface area contributed by atoms with Gasteiger partial charge in [0, 0.05) is 0 Å². The van der Waals surface area contributed by atoms with Gasteiger partial charge in [-0.05, 0) is 54.3 Å². The standard InChI is InChI=1S/C24H28N2O8S/c1-3-15(2)35(31,32)26-34-24(30)18(11-16-7-5-4-6-8-16)12-17-9-10-20-19(13-17)25-23(29)21(33-20)14-22(27)28/h4-10,13,15,18,21,26H,3,11-12,14H2,1-2H3,(H,25,29)(H,27,28)/t15?,18?,21-/m0/s1. The van der Waals surface area contributed by atoms with E-state index >= 15 is 0 Å². The quantitative estimate of drug-likeness (QED) is 0.395. The molecule has 1 amide bonds. The largest absolute Gasteiger partial charge is 0.481 e. The van der Waals surface area contributed by atoms with E-state index in [-0.39, 0.29) is 6.42 Å². The number of fused-ring (bicyclic) bond motifs is 1. The van der Waals surface area contributed by atoms with Gasteiger partial charge in [-0.2, -0.15) is 0 Å². The molecule has 0 saturated heterocycles. The molecule has 188 valence electrons. The number of hydrogen-bond donors (Lipinski definition) is 3. The second-order valence-electron chi connectivity index (χ2n) is 8.38. The minimum absolute atomic E-state index is 0.195.